The highest BCUT2D eigenvalue weighted by Crippen LogP contribution is 2.11. The lowest BCUT2D eigenvalue weighted by Crippen LogP contribution is -1.92. The van der Waals surface area contributed by atoms with Gasteiger partial charge in [-0.15, -0.1) is 12.1 Å². The van der Waals surface area contributed by atoms with Crippen molar-refractivity contribution in [1.29, 1.82) is 0 Å². The Kier molecular flexibility index (Phi) is 2.45. The van der Waals surface area contributed by atoms with Crippen LogP contribution in [0.15, 0.2) is 24.3 Å². The zero-order valence-corrected chi connectivity index (χ0v) is 7.23. The Hall–Kier alpha value is -0.350. The van der Waals surface area contributed by atoms with Gasteiger partial charge in [0.2, 0.25) is 0 Å². The van der Waals surface area contributed by atoms with Gasteiger partial charge in [0.05, 0.1) is 0 Å². The summed E-state index contributed by atoms with van der Waals surface area (Å²) in [6.07, 6.45) is 0. The number of rotatable bonds is 1. The molecule has 54 valence electrons. The molecule has 10 heavy (non-hydrogen) atoms. The van der Waals surface area contributed by atoms with Crippen molar-refractivity contribution in [3.8, 4) is 0 Å². The van der Waals surface area contributed by atoms with Crippen LogP contribution in [0.5, 0.6) is 0 Å². The predicted molar refractivity (Wildman–Crippen MR) is 47.1 cm³/mol. The number of hydrogen-bond acceptors (Lipinski definition) is 0. The third-order valence-electron chi connectivity index (χ3n) is 1.56. The van der Waals surface area contributed by atoms with E-state index in [1.54, 1.807) is 0 Å². The molecule has 0 aromatic heterocycles. The second-order valence-electron chi connectivity index (χ2n) is 2.75. The summed E-state index contributed by atoms with van der Waals surface area (Å²) in [6.45, 7) is 4.38. The van der Waals surface area contributed by atoms with E-state index in [1.807, 2.05) is 12.1 Å². The molecule has 0 nitrogen and oxygen atoms in total. The van der Waals surface area contributed by atoms with Gasteiger partial charge in [-0.1, -0.05) is 26.0 Å². The van der Waals surface area contributed by atoms with Crippen molar-refractivity contribution in [2.24, 2.45) is 0 Å². The highest BCUT2D eigenvalue weighted by atomic mass is 31.0. The van der Waals surface area contributed by atoms with Crippen LogP contribution in [0.3, 0.4) is 0 Å². The highest BCUT2D eigenvalue weighted by Gasteiger charge is 1.92. The molecule has 0 N–H and O–H groups in total. The maximum Gasteiger partial charge on any atom is -0.0219 e. The van der Waals surface area contributed by atoms with Crippen LogP contribution in [0.2, 0.25) is 0 Å². The molecule has 0 amide bonds. The summed E-state index contributed by atoms with van der Waals surface area (Å²) < 4.78 is 0. The molecule has 0 aliphatic rings. The Labute approximate surface area is 64.9 Å². The number of benzene rings is 1. The molecular formula is C9H11P-2. The second-order valence-corrected chi connectivity index (χ2v) is 3.26. The fraction of sp³-hybridized carbons (Fsp3) is 0.333. The first-order chi connectivity index (χ1) is 4.70. The van der Waals surface area contributed by atoms with Crippen molar-refractivity contribution >= 4 is 14.5 Å². The van der Waals surface area contributed by atoms with E-state index in [9.17, 15) is 0 Å². The minimum atomic E-state index is 0.619. The Morgan fingerprint density at radius 1 is 1.10 bits per heavy atom. The van der Waals surface area contributed by atoms with Crippen molar-refractivity contribution in [1.82, 2.24) is 0 Å². The predicted octanol–water partition coefficient (Wildman–Crippen LogP) is 2.85. The maximum absolute atomic E-state index is 4.20. The van der Waals surface area contributed by atoms with E-state index >= 15 is 0 Å². The smallest absolute Gasteiger partial charge is 0.0219 e. The molecule has 1 rings (SSSR count). The van der Waals surface area contributed by atoms with Crippen LogP contribution in [0.1, 0.15) is 25.3 Å². The maximum atomic E-state index is 4.20. The van der Waals surface area contributed by atoms with E-state index in [0.29, 0.717) is 5.92 Å². The molecule has 0 radical (unpaired) electrons. The first kappa shape index (κ1) is 7.75. The molecule has 1 aromatic carbocycles. The van der Waals surface area contributed by atoms with Gasteiger partial charge in [0.25, 0.3) is 0 Å². The van der Waals surface area contributed by atoms with Gasteiger partial charge in [-0.25, -0.2) is 0 Å². The topological polar surface area (TPSA) is 0 Å². The summed E-state index contributed by atoms with van der Waals surface area (Å²) in [7, 11) is 4.20. The van der Waals surface area contributed by atoms with Crippen LogP contribution in [-0.2, 0) is 0 Å². The molecule has 0 unspecified atom stereocenters. The molecular weight excluding hydrogens is 139 g/mol. The Morgan fingerprint density at radius 3 is 2.00 bits per heavy atom. The SMILES string of the molecule is CC(C)c1ccc([P-2])cc1. The van der Waals surface area contributed by atoms with Gasteiger partial charge in [0.15, 0.2) is 0 Å². The average Bonchev–Trinajstić information content (AvgIpc) is 1.88. The molecule has 0 saturated heterocycles. The van der Waals surface area contributed by atoms with Crippen LogP contribution in [0.25, 0.3) is 0 Å². The van der Waals surface area contributed by atoms with Crippen LogP contribution >= 0.6 is 9.24 Å². The van der Waals surface area contributed by atoms with E-state index < -0.39 is 0 Å². The van der Waals surface area contributed by atoms with Gasteiger partial charge < -0.3 is 14.5 Å². The van der Waals surface area contributed by atoms with Crippen molar-refractivity contribution in [2.75, 3.05) is 0 Å². The molecule has 0 bridgehead atoms. The fourth-order valence-corrected chi connectivity index (χ4v) is 1.01. The van der Waals surface area contributed by atoms with Crippen LogP contribution in [0.4, 0.5) is 0 Å². The molecule has 0 heterocycles. The minimum absolute atomic E-state index is 0.619. The van der Waals surface area contributed by atoms with Gasteiger partial charge in [0, 0.05) is 0 Å². The summed E-state index contributed by atoms with van der Waals surface area (Å²) in [5.74, 6) is 0.619. The summed E-state index contributed by atoms with van der Waals surface area (Å²) >= 11 is 0. The second kappa shape index (κ2) is 3.16. The van der Waals surface area contributed by atoms with E-state index in [0.717, 1.165) is 5.30 Å². The molecule has 1 heteroatoms. The van der Waals surface area contributed by atoms with E-state index in [1.165, 1.54) is 5.56 Å². The Morgan fingerprint density at radius 2 is 1.60 bits per heavy atom. The summed E-state index contributed by atoms with van der Waals surface area (Å²) in [6, 6.07) is 8.29. The van der Waals surface area contributed by atoms with Crippen LogP contribution in [-0.4, -0.2) is 0 Å². The van der Waals surface area contributed by atoms with E-state index in [4.69, 9.17) is 0 Å². The van der Waals surface area contributed by atoms with E-state index in [-0.39, 0.29) is 0 Å². The Balaban J connectivity index is 2.89. The highest BCUT2D eigenvalue weighted by molar-refractivity contribution is 7.27. The summed E-state index contributed by atoms with van der Waals surface area (Å²) in [5.41, 5.74) is 1.37. The molecule has 0 spiro atoms. The molecule has 0 fully saturated rings. The van der Waals surface area contributed by atoms with Crippen molar-refractivity contribution < 1.29 is 0 Å². The zero-order valence-electron chi connectivity index (χ0n) is 6.33. The standard InChI is InChI=1S/C9H11P/c1-7(2)8-3-5-9(10)6-4-8/h3-7H,1-2H3/q-2. The molecule has 0 aliphatic heterocycles. The fourth-order valence-electron chi connectivity index (χ4n) is 0.859. The third kappa shape index (κ3) is 1.82. The van der Waals surface area contributed by atoms with E-state index in [2.05, 4.69) is 35.2 Å². The van der Waals surface area contributed by atoms with Gasteiger partial charge in [-0.3, -0.25) is 0 Å². The van der Waals surface area contributed by atoms with Crippen molar-refractivity contribution in [3.63, 3.8) is 0 Å². The van der Waals surface area contributed by atoms with Crippen LogP contribution < -0.4 is 5.30 Å². The largest absolute Gasteiger partial charge is 1.45 e. The lowest BCUT2D eigenvalue weighted by Gasteiger charge is -2.33. The van der Waals surface area contributed by atoms with Crippen LogP contribution in [0, 0.1) is 0 Å². The number of hydrogen-bond donors (Lipinski definition) is 0. The summed E-state index contributed by atoms with van der Waals surface area (Å²) in [5, 5.41) is 1.03. The molecule has 0 saturated carbocycles. The molecule has 1 aromatic rings. The minimum Gasteiger partial charge on any atom is -1.45 e. The normalized spacial score (nSPS) is 10.4. The van der Waals surface area contributed by atoms with Gasteiger partial charge in [0.1, 0.15) is 0 Å². The average molecular weight is 150 g/mol. The van der Waals surface area contributed by atoms with Gasteiger partial charge in [-0.05, 0) is 11.5 Å². The zero-order chi connectivity index (χ0) is 7.56. The molecule has 0 atom stereocenters. The lowest BCUT2D eigenvalue weighted by atomic mass is 10.0. The first-order valence-electron chi connectivity index (χ1n) is 3.49. The summed E-state index contributed by atoms with van der Waals surface area (Å²) in [4.78, 5) is 0. The third-order valence-corrected chi connectivity index (χ3v) is 1.86. The molecule has 0 aliphatic carbocycles. The Bertz CT molecular complexity index is 198. The lowest BCUT2D eigenvalue weighted by molar-refractivity contribution is 0.867. The van der Waals surface area contributed by atoms with Crippen molar-refractivity contribution in [3.05, 3.63) is 29.8 Å². The van der Waals surface area contributed by atoms with Crippen molar-refractivity contribution in [2.45, 2.75) is 19.8 Å². The van der Waals surface area contributed by atoms with Gasteiger partial charge in [-0.2, -0.15) is 0 Å². The monoisotopic (exact) mass is 150 g/mol. The quantitative estimate of drug-likeness (QED) is 0.540. The first-order valence-corrected chi connectivity index (χ1v) is 3.94. The van der Waals surface area contributed by atoms with Gasteiger partial charge >= 0.3 is 0 Å².